The summed E-state index contributed by atoms with van der Waals surface area (Å²) in [4.78, 5) is 44.3. The number of benzene rings is 3. The lowest BCUT2D eigenvalue weighted by Gasteiger charge is -2.35. The molecular weight excluding hydrogens is 494 g/mol. The van der Waals surface area contributed by atoms with E-state index in [1.807, 2.05) is 59.6 Å². The summed E-state index contributed by atoms with van der Waals surface area (Å²) in [5.41, 5.74) is 3.11. The van der Waals surface area contributed by atoms with Crippen molar-refractivity contribution < 1.29 is 14.4 Å². The van der Waals surface area contributed by atoms with Crippen LogP contribution in [0.1, 0.15) is 17.2 Å². The van der Waals surface area contributed by atoms with Crippen molar-refractivity contribution in [1.82, 2.24) is 4.90 Å². The van der Waals surface area contributed by atoms with Gasteiger partial charge in [0, 0.05) is 16.4 Å². The second-order valence-corrected chi connectivity index (χ2v) is 9.59. The van der Waals surface area contributed by atoms with Gasteiger partial charge in [-0.15, -0.1) is 0 Å². The lowest BCUT2D eigenvalue weighted by molar-refractivity contribution is -0.128. The van der Waals surface area contributed by atoms with Gasteiger partial charge in [0.05, 0.1) is 23.6 Å². The molecule has 0 radical (unpaired) electrons. The fourth-order valence-electron chi connectivity index (χ4n) is 5.44. The molecule has 3 amide bonds. The average molecular weight is 514 g/mol. The van der Waals surface area contributed by atoms with Crippen LogP contribution in [0.4, 0.5) is 11.4 Å². The van der Waals surface area contributed by atoms with Gasteiger partial charge in [0.25, 0.3) is 0 Å². The van der Waals surface area contributed by atoms with E-state index in [0.29, 0.717) is 11.4 Å². The molecule has 6 rings (SSSR count). The van der Waals surface area contributed by atoms with E-state index in [-0.39, 0.29) is 17.7 Å². The van der Waals surface area contributed by atoms with Crippen LogP contribution in [-0.2, 0) is 14.4 Å². The number of imide groups is 1. The smallest absolute Gasteiger partial charge is 0.247 e. The van der Waals surface area contributed by atoms with E-state index in [1.54, 1.807) is 36.4 Å². The number of halogens is 1. The topological polar surface area (TPSA) is 69.7 Å². The molecule has 3 aliphatic rings. The molecule has 3 heterocycles. The molecule has 2 fully saturated rings. The molecule has 3 aromatic rings. The molecule has 3 aromatic carbocycles. The summed E-state index contributed by atoms with van der Waals surface area (Å²) in [7, 11) is 0. The number of carbonyl (C=O) groups excluding carboxylic acids is 3. The maximum atomic E-state index is 13.8. The van der Waals surface area contributed by atoms with Crippen molar-refractivity contribution in [3.05, 3.63) is 101 Å². The molecule has 6 nitrogen and oxygen atoms in total. The van der Waals surface area contributed by atoms with Crippen molar-refractivity contribution in [2.75, 3.05) is 10.2 Å². The maximum absolute atomic E-state index is 13.8. The Bertz CT molecular complexity index is 1340. The Morgan fingerprint density at radius 1 is 0.824 bits per heavy atom. The first-order valence-electron chi connectivity index (χ1n) is 11.1. The second-order valence-electron chi connectivity index (χ2n) is 8.68. The quantitative estimate of drug-likeness (QED) is 0.519. The number of nitrogens with one attached hydrogen (secondary N) is 1. The van der Waals surface area contributed by atoms with Crippen LogP contribution >= 0.6 is 15.9 Å². The Balaban J connectivity index is 1.45. The van der Waals surface area contributed by atoms with Gasteiger partial charge >= 0.3 is 0 Å². The van der Waals surface area contributed by atoms with E-state index in [9.17, 15) is 14.4 Å². The van der Waals surface area contributed by atoms with Crippen LogP contribution in [0.5, 0.6) is 0 Å². The van der Waals surface area contributed by atoms with Gasteiger partial charge in [0.2, 0.25) is 17.7 Å². The third-order valence-electron chi connectivity index (χ3n) is 6.86. The molecule has 2 saturated heterocycles. The van der Waals surface area contributed by atoms with Crippen LogP contribution in [-0.4, -0.2) is 28.7 Å². The fraction of sp³-hybridized carbons (Fsp3) is 0.148. The molecule has 0 spiro atoms. The first kappa shape index (κ1) is 20.9. The van der Waals surface area contributed by atoms with Gasteiger partial charge in [0.15, 0.2) is 0 Å². The predicted octanol–water partition coefficient (Wildman–Crippen LogP) is 4.60. The van der Waals surface area contributed by atoms with Crippen molar-refractivity contribution in [1.29, 1.82) is 0 Å². The summed E-state index contributed by atoms with van der Waals surface area (Å²) in [6.45, 7) is 0. The molecule has 0 aliphatic carbocycles. The number of carbonyl (C=O) groups is 3. The van der Waals surface area contributed by atoms with Crippen LogP contribution in [0.2, 0.25) is 0 Å². The standard InChI is InChI=1S/C27H20BrN3O3/c28-17-10-12-19(13-11-17)31-26(33)21-22(27(31)34)24(25(32)29-18-7-2-1-3-8-18)30-15-14-16-6-4-5-9-20(16)23(21)30/h1-15,21-24H,(H,29,32)/t21-,22-,23+,24-/m0/s1. The largest absolute Gasteiger partial charge is 0.357 e. The van der Waals surface area contributed by atoms with E-state index < -0.39 is 23.9 Å². The lowest BCUT2D eigenvalue weighted by atomic mass is 9.84. The highest BCUT2D eigenvalue weighted by Crippen LogP contribution is 2.53. The summed E-state index contributed by atoms with van der Waals surface area (Å²) in [5, 5.41) is 2.95. The lowest BCUT2D eigenvalue weighted by Crippen LogP contribution is -2.46. The zero-order chi connectivity index (χ0) is 23.4. The number of hydrogen-bond donors (Lipinski definition) is 1. The minimum absolute atomic E-state index is 0.271. The summed E-state index contributed by atoms with van der Waals surface area (Å²) in [6.07, 6.45) is 3.79. The molecule has 0 bridgehead atoms. The maximum Gasteiger partial charge on any atom is 0.247 e. The average Bonchev–Trinajstić information content (AvgIpc) is 3.33. The highest BCUT2D eigenvalue weighted by molar-refractivity contribution is 9.10. The van der Waals surface area contributed by atoms with Gasteiger partial charge in [-0.05, 0) is 53.6 Å². The number of hydrogen-bond acceptors (Lipinski definition) is 4. The molecule has 168 valence electrons. The van der Waals surface area contributed by atoms with E-state index in [4.69, 9.17) is 0 Å². The van der Waals surface area contributed by atoms with Crippen LogP contribution in [0.15, 0.2) is 89.5 Å². The first-order chi connectivity index (χ1) is 16.5. The van der Waals surface area contributed by atoms with Crippen LogP contribution in [0.25, 0.3) is 6.08 Å². The summed E-state index contributed by atoms with van der Waals surface area (Å²) >= 11 is 3.40. The van der Waals surface area contributed by atoms with E-state index in [2.05, 4.69) is 21.2 Å². The van der Waals surface area contributed by atoms with Crippen molar-refractivity contribution in [3.8, 4) is 0 Å². The third-order valence-corrected chi connectivity index (χ3v) is 7.39. The van der Waals surface area contributed by atoms with Gasteiger partial charge in [-0.2, -0.15) is 0 Å². The van der Waals surface area contributed by atoms with E-state index >= 15 is 0 Å². The summed E-state index contributed by atoms with van der Waals surface area (Å²) < 4.78 is 0.855. The van der Waals surface area contributed by atoms with Crippen molar-refractivity contribution >= 4 is 51.1 Å². The van der Waals surface area contributed by atoms with Crippen LogP contribution < -0.4 is 10.2 Å². The number of anilines is 2. The molecule has 34 heavy (non-hydrogen) atoms. The summed E-state index contributed by atoms with van der Waals surface area (Å²) in [6, 6.07) is 22.9. The Hall–Kier alpha value is -3.71. The molecule has 0 unspecified atom stereocenters. The van der Waals surface area contributed by atoms with Crippen LogP contribution in [0, 0.1) is 11.8 Å². The number of nitrogens with zero attached hydrogens (tertiary/aromatic N) is 2. The number of rotatable bonds is 3. The molecular formula is C27H20BrN3O3. The number of para-hydroxylation sites is 1. The highest BCUT2D eigenvalue weighted by atomic mass is 79.9. The van der Waals surface area contributed by atoms with Gasteiger partial charge < -0.3 is 10.2 Å². The zero-order valence-electron chi connectivity index (χ0n) is 18.0. The minimum Gasteiger partial charge on any atom is -0.357 e. The zero-order valence-corrected chi connectivity index (χ0v) is 19.6. The normalized spacial score (nSPS) is 24.6. The number of amides is 3. The molecule has 0 saturated carbocycles. The molecule has 4 atom stereocenters. The van der Waals surface area contributed by atoms with Gasteiger partial charge in [0.1, 0.15) is 6.04 Å². The van der Waals surface area contributed by atoms with E-state index in [1.165, 1.54) is 4.90 Å². The molecule has 1 N–H and O–H groups in total. The van der Waals surface area contributed by atoms with Gasteiger partial charge in [-0.25, -0.2) is 4.90 Å². The SMILES string of the molecule is O=C(Nc1ccccc1)[C@@H]1[C@H]2C(=O)N(c3ccc(Br)cc3)C(=O)[C@@H]2[C@H]2c3ccccc3C=CN12. The second kappa shape index (κ2) is 7.95. The van der Waals surface area contributed by atoms with Gasteiger partial charge in [-0.1, -0.05) is 58.4 Å². The minimum atomic E-state index is -0.809. The summed E-state index contributed by atoms with van der Waals surface area (Å²) in [5.74, 6) is -2.36. The van der Waals surface area contributed by atoms with Crippen molar-refractivity contribution in [3.63, 3.8) is 0 Å². The Morgan fingerprint density at radius 3 is 2.26 bits per heavy atom. The molecule has 0 aromatic heterocycles. The van der Waals surface area contributed by atoms with Crippen molar-refractivity contribution in [2.24, 2.45) is 11.8 Å². The van der Waals surface area contributed by atoms with Crippen molar-refractivity contribution in [2.45, 2.75) is 12.1 Å². The monoisotopic (exact) mass is 513 g/mol. The predicted molar refractivity (Wildman–Crippen MR) is 133 cm³/mol. The van der Waals surface area contributed by atoms with E-state index in [0.717, 1.165) is 15.6 Å². The van der Waals surface area contributed by atoms with Gasteiger partial charge in [-0.3, -0.25) is 14.4 Å². The number of fused-ring (bicyclic) bond motifs is 5. The fourth-order valence-corrected chi connectivity index (χ4v) is 5.70. The van der Waals surface area contributed by atoms with Crippen LogP contribution in [0.3, 0.4) is 0 Å². The molecule has 3 aliphatic heterocycles. The Kier molecular flexibility index (Phi) is 4.88. The third kappa shape index (κ3) is 3.11. The highest BCUT2D eigenvalue weighted by Gasteiger charge is 2.64. The first-order valence-corrected chi connectivity index (χ1v) is 11.9. The molecule has 7 heteroatoms. The Labute approximate surface area is 205 Å². The Morgan fingerprint density at radius 2 is 1.50 bits per heavy atom.